The first-order valence-electron chi connectivity index (χ1n) is 8.91. The van der Waals surface area contributed by atoms with Crippen LogP contribution in [-0.2, 0) is 0 Å². The molecule has 27 heavy (non-hydrogen) atoms. The number of furan rings is 1. The van der Waals surface area contributed by atoms with Crippen LogP contribution >= 0.6 is 35.3 Å². The second-order valence-electron chi connectivity index (χ2n) is 5.89. The third-order valence-electron chi connectivity index (χ3n) is 4.14. The van der Waals surface area contributed by atoms with Crippen LogP contribution in [0, 0.1) is 0 Å². The molecular weight excluding hydrogens is 477 g/mol. The van der Waals surface area contributed by atoms with Crippen LogP contribution in [0.2, 0.25) is 0 Å². The molecule has 0 unspecified atom stereocenters. The largest absolute Gasteiger partial charge is 0.459 e. The van der Waals surface area contributed by atoms with Crippen molar-refractivity contribution in [2.75, 3.05) is 50.7 Å². The van der Waals surface area contributed by atoms with E-state index in [9.17, 15) is 4.79 Å². The summed E-state index contributed by atoms with van der Waals surface area (Å²) in [4.78, 5) is 21.2. The fourth-order valence-electron chi connectivity index (χ4n) is 2.84. The predicted molar refractivity (Wildman–Crippen MR) is 121 cm³/mol. The van der Waals surface area contributed by atoms with E-state index in [1.165, 1.54) is 11.3 Å². The molecule has 2 N–H and O–H groups in total. The molecule has 0 radical (unpaired) electrons. The van der Waals surface area contributed by atoms with Gasteiger partial charge in [-0.2, -0.15) is 0 Å². The molecule has 1 amide bonds. The van der Waals surface area contributed by atoms with E-state index in [0.717, 1.165) is 38.7 Å². The summed E-state index contributed by atoms with van der Waals surface area (Å²) in [5.41, 5.74) is 0. The normalized spacial score (nSPS) is 14.6. The molecule has 7 nitrogen and oxygen atoms in total. The molecule has 1 saturated heterocycles. The van der Waals surface area contributed by atoms with Crippen LogP contribution in [0.25, 0.3) is 0 Å². The third-order valence-corrected chi connectivity index (χ3v) is 5.06. The molecule has 0 saturated carbocycles. The van der Waals surface area contributed by atoms with Gasteiger partial charge in [-0.1, -0.05) is 0 Å². The number of halogens is 1. The highest BCUT2D eigenvalue weighted by molar-refractivity contribution is 14.0. The fourth-order valence-corrected chi connectivity index (χ4v) is 3.63. The lowest BCUT2D eigenvalue weighted by Gasteiger charge is -2.37. The Morgan fingerprint density at radius 1 is 1.22 bits per heavy atom. The number of rotatable bonds is 6. The maximum atomic E-state index is 11.8. The number of piperazine rings is 1. The summed E-state index contributed by atoms with van der Waals surface area (Å²) in [5, 5.41) is 9.61. The van der Waals surface area contributed by atoms with Crippen LogP contribution in [0.1, 0.15) is 17.5 Å². The number of nitrogens with zero attached hydrogens (tertiary/aromatic N) is 3. The highest BCUT2D eigenvalue weighted by Crippen LogP contribution is 2.22. The van der Waals surface area contributed by atoms with Crippen molar-refractivity contribution in [3.63, 3.8) is 0 Å². The average Bonchev–Trinajstić information content (AvgIpc) is 3.38. The maximum Gasteiger partial charge on any atom is 0.287 e. The first-order chi connectivity index (χ1) is 12.8. The minimum atomic E-state index is -0.209. The molecule has 1 aliphatic heterocycles. The van der Waals surface area contributed by atoms with Crippen molar-refractivity contribution in [2.24, 2.45) is 4.99 Å². The van der Waals surface area contributed by atoms with E-state index in [1.54, 1.807) is 23.5 Å². The van der Waals surface area contributed by atoms with Crippen molar-refractivity contribution in [2.45, 2.75) is 6.92 Å². The molecule has 0 aromatic carbocycles. The number of anilines is 1. The van der Waals surface area contributed by atoms with Gasteiger partial charge in [0.25, 0.3) is 5.91 Å². The van der Waals surface area contributed by atoms with Gasteiger partial charge in [-0.25, -0.2) is 0 Å². The molecule has 3 rings (SSSR count). The van der Waals surface area contributed by atoms with Gasteiger partial charge in [-0.15, -0.1) is 35.3 Å². The Labute approximate surface area is 180 Å². The van der Waals surface area contributed by atoms with Gasteiger partial charge in [0.1, 0.15) is 0 Å². The van der Waals surface area contributed by atoms with E-state index in [4.69, 9.17) is 4.42 Å². The lowest BCUT2D eigenvalue weighted by atomic mass is 10.3. The summed E-state index contributed by atoms with van der Waals surface area (Å²) in [6.45, 7) is 7.73. The van der Waals surface area contributed by atoms with E-state index in [0.29, 0.717) is 18.8 Å². The molecule has 2 aromatic heterocycles. The summed E-state index contributed by atoms with van der Waals surface area (Å²) >= 11 is 1.78. The van der Waals surface area contributed by atoms with Crippen LogP contribution in [0.4, 0.5) is 5.00 Å². The minimum Gasteiger partial charge on any atom is -0.459 e. The third kappa shape index (κ3) is 6.13. The summed E-state index contributed by atoms with van der Waals surface area (Å²) in [6, 6.07) is 7.61. The Balaban J connectivity index is 0.00000261. The van der Waals surface area contributed by atoms with Crippen LogP contribution in [0.15, 0.2) is 45.3 Å². The second-order valence-corrected chi connectivity index (χ2v) is 6.82. The van der Waals surface area contributed by atoms with Gasteiger partial charge in [0.2, 0.25) is 0 Å². The van der Waals surface area contributed by atoms with Crippen molar-refractivity contribution in [3.05, 3.63) is 41.7 Å². The van der Waals surface area contributed by atoms with Crippen LogP contribution in [0.5, 0.6) is 0 Å². The van der Waals surface area contributed by atoms with Crippen molar-refractivity contribution in [1.29, 1.82) is 0 Å². The number of hydrogen-bond acceptors (Lipinski definition) is 5. The topological polar surface area (TPSA) is 73.1 Å². The van der Waals surface area contributed by atoms with Gasteiger partial charge in [0, 0.05) is 39.3 Å². The number of nitrogens with one attached hydrogen (secondary N) is 2. The highest BCUT2D eigenvalue weighted by Gasteiger charge is 2.20. The van der Waals surface area contributed by atoms with Gasteiger partial charge in [-0.05, 0) is 36.6 Å². The molecule has 3 heterocycles. The number of guanidine groups is 1. The summed E-state index contributed by atoms with van der Waals surface area (Å²) in [6.07, 6.45) is 1.49. The Hall–Kier alpha value is -1.75. The first kappa shape index (κ1) is 21.5. The van der Waals surface area contributed by atoms with E-state index >= 15 is 0 Å². The Morgan fingerprint density at radius 3 is 2.67 bits per heavy atom. The molecular formula is C18H26IN5O2S. The lowest BCUT2D eigenvalue weighted by molar-refractivity contribution is 0.0927. The van der Waals surface area contributed by atoms with Crippen LogP contribution in [-0.4, -0.2) is 62.6 Å². The Morgan fingerprint density at radius 2 is 2.04 bits per heavy atom. The van der Waals surface area contributed by atoms with Gasteiger partial charge in [-0.3, -0.25) is 9.79 Å². The van der Waals surface area contributed by atoms with Crippen LogP contribution in [0.3, 0.4) is 0 Å². The number of hydrogen-bond donors (Lipinski definition) is 2. The number of carbonyl (C=O) groups excluding carboxylic acids is 1. The smallest absolute Gasteiger partial charge is 0.287 e. The standard InChI is InChI=1S/C18H25N5O2S.HI/c1-2-19-18(21-8-7-20-17(24)15-5-3-13-25-15)23-11-9-22(10-12-23)16-6-4-14-26-16;/h3-6,13-14H,2,7-12H2,1H3,(H,19,21)(H,20,24);1H. The van der Waals surface area contributed by atoms with Crippen molar-refractivity contribution in [1.82, 2.24) is 15.5 Å². The maximum absolute atomic E-state index is 11.8. The monoisotopic (exact) mass is 503 g/mol. The van der Waals surface area contributed by atoms with E-state index in [1.807, 2.05) is 0 Å². The number of aliphatic imine (C=N–C) groups is 1. The van der Waals surface area contributed by atoms with Crippen molar-refractivity contribution in [3.8, 4) is 0 Å². The zero-order valence-electron chi connectivity index (χ0n) is 15.4. The van der Waals surface area contributed by atoms with E-state index < -0.39 is 0 Å². The second kappa shape index (κ2) is 11.2. The van der Waals surface area contributed by atoms with Gasteiger partial charge >= 0.3 is 0 Å². The Kier molecular flexibility index (Phi) is 8.92. The molecule has 0 atom stereocenters. The van der Waals surface area contributed by atoms with Crippen molar-refractivity contribution < 1.29 is 9.21 Å². The minimum absolute atomic E-state index is 0. The zero-order chi connectivity index (χ0) is 18.2. The van der Waals surface area contributed by atoms with Gasteiger partial charge in [0.15, 0.2) is 11.7 Å². The lowest BCUT2D eigenvalue weighted by Crippen LogP contribution is -2.52. The van der Waals surface area contributed by atoms with E-state index in [2.05, 4.69) is 49.9 Å². The number of carbonyl (C=O) groups is 1. The van der Waals surface area contributed by atoms with Crippen molar-refractivity contribution >= 4 is 52.2 Å². The summed E-state index contributed by atoms with van der Waals surface area (Å²) < 4.78 is 5.08. The number of amides is 1. The summed E-state index contributed by atoms with van der Waals surface area (Å²) in [7, 11) is 0. The molecule has 0 bridgehead atoms. The first-order valence-corrected chi connectivity index (χ1v) is 9.79. The summed E-state index contributed by atoms with van der Waals surface area (Å²) in [5.74, 6) is 1.02. The number of thiophene rings is 1. The molecule has 9 heteroatoms. The van der Waals surface area contributed by atoms with Gasteiger partial charge in [0.05, 0.1) is 17.8 Å². The van der Waals surface area contributed by atoms with Crippen LogP contribution < -0.4 is 15.5 Å². The van der Waals surface area contributed by atoms with Gasteiger partial charge < -0.3 is 24.9 Å². The molecule has 1 fully saturated rings. The highest BCUT2D eigenvalue weighted by atomic mass is 127. The fraction of sp³-hybridized carbons (Fsp3) is 0.444. The van der Waals surface area contributed by atoms with E-state index in [-0.39, 0.29) is 29.9 Å². The molecule has 0 aliphatic carbocycles. The molecule has 148 valence electrons. The molecule has 0 spiro atoms. The SMILES string of the molecule is CCNC(=NCCNC(=O)c1ccco1)N1CCN(c2cccs2)CC1.I. The zero-order valence-corrected chi connectivity index (χ0v) is 18.5. The average molecular weight is 503 g/mol. The Bertz CT molecular complexity index is 697. The molecule has 2 aromatic rings. The quantitative estimate of drug-likeness (QED) is 0.274. The molecule has 1 aliphatic rings. The predicted octanol–water partition coefficient (Wildman–Crippen LogP) is 2.48.